The maximum atomic E-state index is 5.09. The normalized spacial score (nSPS) is 11.5. The molecular formula is C20H27NO. The second-order valence-corrected chi connectivity index (χ2v) is 5.50. The maximum absolute atomic E-state index is 5.09. The number of aromatic nitrogens is 1. The molecule has 0 fully saturated rings. The molecule has 0 radical (unpaired) electrons. The average Bonchev–Trinajstić information content (AvgIpc) is 2.83. The van der Waals surface area contributed by atoms with E-state index in [1.54, 1.807) is 7.11 Å². The highest BCUT2D eigenvalue weighted by Gasteiger charge is 2.18. The first-order valence-corrected chi connectivity index (χ1v) is 8.14. The summed E-state index contributed by atoms with van der Waals surface area (Å²) in [6, 6.07) is 10.8. The lowest BCUT2D eigenvalue weighted by Crippen LogP contribution is -2.03. The summed E-state index contributed by atoms with van der Waals surface area (Å²) in [5, 5.41) is 0. The molecule has 118 valence electrons. The van der Waals surface area contributed by atoms with Gasteiger partial charge in [-0.1, -0.05) is 56.3 Å². The Labute approximate surface area is 134 Å². The number of allylic oxidation sites excluding steroid dienone is 1. The molecule has 0 atom stereocenters. The monoisotopic (exact) mass is 297 g/mol. The van der Waals surface area contributed by atoms with Crippen molar-refractivity contribution in [3.05, 3.63) is 59.4 Å². The van der Waals surface area contributed by atoms with E-state index >= 15 is 0 Å². The van der Waals surface area contributed by atoms with Gasteiger partial charge in [0, 0.05) is 30.6 Å². The van der Waals surface area contributed by atoms with Crippen LogP contribution >= 0.6 is 0 Å². The fourth-order valence-corrected chi connectivity index (χ4v) is 3.19. The van der Waals surface area contributed by atoms with Gasteiger partial charge in [-0.05, 0) is 30.9 Å². The van der Waals surface area contributed by atoms with Crippen molar-refractivity contribution in [3.63, 3.8) is 0 Å². The van der Waals surface area contributed by atoms with Gasteiger partial charge < -0.3 is 9.30 Å². The highest BCUT2D eigenvalue weighted by atomic mass is 16.5. The standard InChI is InChI=1S/C20H27NO/c1-5-18-16(3)21(14-10-11-15-22-4)19(6-2)20(18)17-12-8-7-9-13-17/h7-13H,5-6,14-15H2,1-4H3. The highest BCUT2D eigenvalue weighted by Crippen LogP contribution is 2.33. The van der Waals surface area contributed by atoms with E-state index in [2.05, 4.69) is 67.8 Å². The van der Waals surface area contributed by atoms with Crippen LogP contribution in [0.25, 0.3) is 11.1 Å². The first-order chi connectivity index (χ1) is 10.7. The lowest BCUT2D eigenvalue weighted by atomic mass is 9.98. The predicted octanol–water partition coefficient (Wildman–Crippen LogP) is 4.79. The highest BCUT2D eigenvalue weighted by molar-refractivity contribution is 5.72. The zero-order valence-corrected chi connectivity index (χ0v) is 14.2. The van der Waals surface area contributed by atoms with E-state index in [1.165, 1.54) is 28.1 Å². The van der Waals surface area contributed by atoms with Crippen LogP contribution < -0.4 is 0 Å². The maximum Gasteiger partial charge on any atom is 0.0644 e. The zero-order valence-electron chi connectivity index (χ0n) is 14.2. The summed E-state index contributed by atoms with van der Waals surface area (Å²) in [6.07, 6.45) is 6.40. The second-order valence-electron chi connectivity index (χ2n) is 5.50. The third-order valence-corrected chi connectivity index (χ3v) is 4.23. The van der Waals surface area contributed by atoms with Crippen molar-refractivity contribution >= 4 is 0 Å². The first-order valence-electron chi connectivity index (χ1n) is 8.14. The Kier molecular flexibility index (Phi) is 6.02. The van der Waals surface area contributed by atoms with Crippen LogP contribution in [0.3, 0.4) is 0 Å². The number of hydrogen-bond acceptors (Lipinski definition) is 1. The Balaban J connectivity index is 2.49. The molecule has 1 aromatic carbocycles. The summed E-state index contributed by atoms with van der Waals surface area (Å²) in [6.45, 7) is 8.33. The van der Waals surface area contributed by atoms with Crippen LogP contribution in [0.4, 0.5) is 0 Å². The summed E-state index contributed by atoms with van der Waals surface area (Å²) < 4.78 is 7.54. The SMILES string of the molecule is CCc1c(-c2ccccc2)c(CC)n(CC=CCOC)c1C. The van der Waals surface area contributed by atoms with Gasteiger partial charge in [0.1, 0.15) is 0 Å². The smallest absolute Gasteiger partial charge is 0.0644 e. The molecule has 2 rings (SSSR count). The van der Waals surface area contributed by atoms with E-state index in [0.29, 0.717) is 6.61 Å². The Morgan fingerprint density at radius 3 is 2.36 bits per heavy atom. The van der Waals surface area contributed by atoms with E-state index < -0.39 is 0 Å². The molecule has 0 aliphatic rings. The van der Waals surface area contributed by atoms with Crippen LogP contribution in [-0.2, 0) is 24.1 Å². The molecular weight excluding hydrogens is 270 g/mol. The van der Waals surface area contributed by atoms with E-state index in [9.17, 15) is 0 Å². The first kappa shape index (κ1) is 16.6. The molecule has 0 N–H and O–H groups in total. The minimum absolute atomic E-state index is 0.675. The molecule has 0 spiro atoms. The molecule has 2 aromatic rings. The van der Waals surface area contributed by atoms with Crippen molar-refractivity contribution in [1.82, 2.24) is 4.57 Å². The summed E-state index contributed by atoms with van der Waals surface area (Å²) >= 11 is 0. The van der Waals surface area contributed by atoms with E-state index in [-0.39, 0.29) is 0 Å². The molecule has 1 aromatic heterocycles. The van der Waals surface area contributed by atoms with Crippen molar-refractivity contribution in [3.8, 4) is 11.1 Å². The lowest BCUT2D eigenvalue weighted by molar-refractivity contribution is 0.233. The van der Waals surface area contributed by atoms with E-state index in [0.717, 1.165) is 19.4 Å². The number of benzene rings is 1. The van der Waals surface area contributed by atoms with Crippen molar-refractivity contribution < 1.29 is 4.74 Å². The topological polar surface area (TPSA) is 14.2 Å². The Morgan fingerprint density at radius 2 is 1.77 bits per heavy atom. The fourth-order valence-electron chi connectivity index (χ4n) is 3.19. The van der Waals surface area contributed by atoms with Crippen molar-refractivity contribution in [2.45, 2.75) is 40.2 Å². The van der Waals surface area contributed by atoms with Gasteiger partial charge in [0.15, 0.2) is 0 Å². The van der Waals surface area contributed by atoms with Crippen molar-refractivity contribution in [1.29, 1.82) is 0 Å². The average molecular weight is 297 g/mol. The molecule has 0 aliphatic carbocycles. The lowest BCUT2D eigenvalue weighted by Gasteiger charge is -2.09. The third kappa shape index (κ3) is 3.33. The van der Waals surface area contributed by atoms with Gasteiger partial charge in [0.05, 0.1) is 6.61 Å². The number of ether oxygens (including phenoxy) is 1. The van der Waals surface area contributed by atoms with Gasteiger partial charge in [-0.2, -0.15) is 0 Å². The zero-order chi connectivity index (χ0) is 15.9. The predicted molar refractivity (Wildman–Crippen MR) is 94.4 cm³/mol. The number of methoxy groups -OCH3 is 1. The van der Waals surface area contributed by atoms with Gasteiger partial charge >= 0.3 is 0 Å². The Morgan fingerprint density at radius 1 is 1.05 bits per heavy atom. The summed E-state index contributed by atoms with van der Waals surface area (Å²) in [4.78, 5) is 0. The van der Waals surface area contributed by atoms with E-state index in [4.69, 9.17) is 4.74 Å². The number of nitrogens with zero attached hydrogens (tertiary/aromatic N) is 1. The van der Waals surface area contributed by atoms with Gasteiger partial charge in [0.25, 0.3) is 0 Å². The molecule has 2 heteroatoms. The molecule has 0 aliphatic heterocycles. The minimum Gasteiger partial charge on any atom is -0.381 e. The molecule has 1 heterocycles. The van der Waals surface area contributed by atoms with Crippen LogP contribution in [0.1, 0.15) is 30.8 Å². The number of hydrogen-bond donors (Lipinski definition) is 0. The van der Waals surface area contributed by atoms with Gasteiger partial charge in [-0.15, -0.1) is 0 Å². The van der Waals surface area contributed by atoms with Gasteiger partial charge in [-0.25, -0.2) is 0 Å². The summed E-state index contributed by atoms with van der Waals surface area (Å²) in [5.74, 6) is 0. The van der Waals surface area contributed by atoms with Gasteiger partial charge in [0.2, 0.25) is 0 Å². The third-order valence-electron chi connectivity index (χ3n) is 4.23. The van der Waals surface area contributed by atoms with E-state index in [1.807, 2.05) is 0 Å². The van der Waals surface area contributed by atoms with Crippen LogP contribution in [-0.4, -0.2) is 18.3 Å². The largest absolute Gasteiger partial charge is 0.381 e. The molecule has 0 saturated carbocycles. The van der Waals surface area contributed by atoms with Crippen molar-refractivity contribution in [2.75, 3.05) is 13.7 Å². The summed E-state index contributed by atoms with van der Waals surface area (Å²) in [7, 11) is 1.73. The van der Waals surface area contributed by atoms with Crippen LogP contribution in [0.15, 0.2) is 42.5 Å². The van der Waals surface area contributed by atoms with Crippen LogP contribution in [0.5, 0.6) is 0 Å². The summed E-state index contributed by atoms with van der Waals surface area (Å²) in [5.41, 5.74) is 7.06. The molecule has 0 saturated heterocycles. The molecule has 0 amide bonds. The number of rotatable bonds is 7. The van der Waals surface area contributed by atoms with Gasteiger partial charge in [-0.3, -0.25) is 0 Å². The fraction of sp³-hybridized carbons (Fsp3) is 0.400. The molecule has 2 nitrogen and oxygen atoms in total. The van der Waals surface area contributed by atoms with Crippen molar-refractivity contribution in [2.24, 2.45) is 0 Å². The minimum atomic E-state index is 0.675. The molecule has 0 unspecified atom stereocenters. The quantitative estimate of drug-likeness (QED) is 0.670. The van der Waals surface area contributed by atoms with Crippen LogP contribution in [0.2, 0.25) is 0 Å². The second kappa shape index (κ2) is 8.00. The Hall–Kier alpha value is -1.80. The Bertz CT molecular complexity index is 623. The molecule has 0 bridgehead atoms. The van der Waals surface area contributed by atoms with Crippen LogP contribution in [0, 0.1) is 6.92 Å². The molecule has 22 heavy (non-hydrogen) atoms.